The number of aliphatic hydroxyl groups is 1. The molecule has 182 valence electrons. The summed E-state index contributed by atoms with van der Waals surface area (Å²) < 4.78 is 18.7. The first-order valence-electron chi connectivity index (χ1n) is 11.7. The van der Waals surface area contributed by atoms with Gasteiger partial charge in [-0.05, 0) is 29.8 Å². The highest BCUT2D eigenvalue weighted by Crippen LogP contribution is 2.42. The first kappa shape index (κ1) is 23.4. The van der Waals surface area contributed by atoms with E-state index < -0.39 is 29.7 Å². The molecule has 0 bridgehead atoms. The number of hydrogen-bond acceptors (Lipinski definition) is 6. The van der Waals surface area contributed by atoms with Gasteiger partial charge >= 0.3 is 5.97 Å². The summed E-state index contributed by atoms with van der Waals surface area (Å²) >= 11 is 0. The molecule has 0 amide bonds. The minimum atomic E-state index is -1.29. The van der Waals surface area contributed by atoms with Crippen LogP contribution in [0.3, 0.4) is 0 Å². The standard InChI is InChI=1S/C29H26N2O5/c1-29(2)35-27(32)25(28(33)36-29)24(20-11-9-12-21(18-20)34-3)26(31-16-7-4-8-17-31)23-15-14-19-10-5-6-13-22(19)30-23/h4-18,24,26H,1-3H3/p+1. The molecule has 2 aromatic heterocycles. The van der Waals surface area contributed by atoms with E-state index in [4.69, 9.17) is 19.2 Å². The van der Waals surface area contributed by atoms with Crippen LogP contribution in [-0.2, 0) is 14.3 Å². The lowest BCUT2D eigenvalue weighted by molar-refractivity contribution is -0.716. The number of para-hydroxylation sites is 1. The molecule has 3 heterocycles. The third-order valence-corrected chi connectivity index (χ3v) is 6.19. The van der Waals surface area contributed by atoms with Crippen LogP contribution < -0.4 is 9.30 Å². The molecular weight excluding hydrogens is 456 g/mol. The van der Waals surface area contributed by atoms with Crippen molar-refractivity contribution < 1.29 is 28.7 Å². The number of aromatic nitrogens is 2. The van der Waals surface area contributed by atoms with Gasteiger partial charge in [0.1, 0.15) is 17.0 Å². The zero-order valence-electron chi connectivity index (χ0n) is 20.3. The zero-order chi connectivity index (χ0) is 25.3. The van der Waals surface area contributed by atoms with Crippen molar-refractivity contribution in [2.45, 2.75) is 31.6 Å². The maximum absolute atomic E-state index is 13.4. The van der Waals surface area contributed by atoms with Gasteiger partial charge < -0.3 is 19.3 Å². The number of benzene rings is 2. The Balaban J connectivity index is 1.79. The predicted molar refractivity (Wildman–Crippen MR) is 133 cm³/mol. The molecule has 2 unspecified atom stereocenters. The number of carbonyl (C=O) groups is 1. The van der Waals surface area contributed by atoms with Crippen LogP contribution in [0.1, 0.15) is 37.1 Å². The molecule has 7 heteroatoms. The predicted octanol–water partition coefficient (Wildman–Crippen LogP) is 4.98. The van der Waals surface area contributed by atoms with Gasteiger partial charge in [0.25, 0.3) is 11.7 Å². The summed E-state index contributed by atoms with van der Waals surface area (Å²) in [5.74, 6) is -2.51. The van der Waals surface area contributed by atoms with Gasteiger partial charge in [-0.15, -0.1) is 0 Å². The monoisotopic (exact) mass is 483 g/mol. The van der Waals surface area contributed by atoms with Crippen LogP contribution in [-0.4, -0.2) is 29.0 Å². The molecule has 1 N–H and O–H groups in total. The summed E-state index contributed by atoms with van der Waals surface area (Å²) in [5.41, 5.74) is 2.27. The van der Waals surface area contributed by atoms with Gasteiger partial charge in [0.2, 0.25) is 6.04 Å². The first-order valence-corrected chi connectivity index (χ1v) is 11.7. The number of esters is 1. The van der Waals surface area contributed by atoms with E-state index in [1.807, 2.05) is 95.8 Å². The van der Waals surface area contributed by atoms with Crippen LogP contribution in [0.4, 0.5) is 0 Å². The Hall–Kier alpha value is -4.39. The molecule has 5 rings (SSSR count). The highest BCUT2D eigenvalue weighted by atomic mass is 16.8. The van der Waals surface area contributed by atoms with Gasteiger partial charge in [-0.25, -0.2) is 9.78 Å². The summed E-state index contributed by atoms with van der Waals surface area (Å²) in [5, 5.41) is 12.0. The number of carbonyl (C=O) groups excluding carboxylic acids is 1. The molecule has 36 heavy (non-hydrogen) atoms. The van der Waals surface area contributed by atoms with Crippen molar-refractivity contribution in [1.29, 1.82) is 0 Å². The van der Waals surface area contributed by atoms with Gasteiger partial charge in [-0.2, -0.15) is 4.57 Å². The van der Waals surface area contributed by atoms with Gasteiger partial charge in [0.15, 0.2) is 12.4 Å². The lowest BCUT2D eigenvalue weighted by Gasteiger charge is -2.34. The second-order valence-electron chi connectivity index (χ2n) is 9.06. The van der Waals surface area contributed by atoms with Crippen molar-refractivity contribution in [2.24, 2.45) is 0 Å². The molecular formula is C29H27N2O5+. The minimum Gasteiger partial charge on any atom is -0.497 e. The number of methoxy groups -OCH3 is 1. The second-order valence-corrected chi connectivity index (χ2v) is 9.06. The van der Waals surface area contributed by atoms with Crippen LogP contribution in [0.25, 0.3) is 10.9 Å². The molecule has 0 fully saturated rings. The molecule has 7 nitrogen and oxygen atoms in total. The highest BCUT2D eigenvalue weighted by molar-refractivity contribution is 5.91. The summed E-state index contributed by atoms with van der Waals surface area (Å²) in [7, 11) is 1.58. The van der Waals surface area contributed by atoms with Crippen molar-refractivity contribution in [2.75, 3.05) is 7.11 Å². The first-order chi connectivity index (χ1) is 17.4. The van der Waals surface area contributed by atoms with Crippen molar-refractivity contribution in [3.63, 3.8) is 0 Å². The van der Waals surface area contributed by atoms with Crippen molar-refractivity contribution in [3.05, 3.63) is 114 Å². The lowest BCUT2D eigenvalue weighted by atomic mass is 9.82. The topological polar surface area (TPSA) is 81.8 Å². The Morgan fingerprint density at radius 3 is 2.47 bits per heavy atom. The number of ether oxygens (including phenoxy) is 3. The average Bonchev–Trinajstić information content (AvgIpc) is 2.87. The molecule has 0 aliphatic carbocycles. The molecule has 0 saturated carbocycles. The van der Waals surface area contributed by atoms with Gasteiger partial charge in [0, 0.05) is 31.4 Å². The van der Waals surface area contributed by atoms with E-state index >= 15 is 0 Å². The van der Waals surface area contributed by atoms with Crippen LogP contribution >= 0.6 is 0 Å². The van der Waals surface area contributed by atoms with E-state index in [-0.39, 0.29) is 5.57 Å². The maximum atomic E-state index is 13.4. The van der Waals surface area contributed by atoms with Crippen LogP contribution in [0.15, 0.2) is 103 Å². The van der Waals surface area contributed by atoms with Crippen LogP contribution in [0, 0.1) is 0 Å². The van der Waals surface area contributed by atoms with E-state index in [2.05, 4.69) is 0 Å². The largest absolute Gasteiger partial charge is 0.497 e. The fraction of sp³-hybridized carbons (Fsp3) is 0.207. The van der Waals surface area contributed by atoms with Gasteiger partial charge in [0.05, 0.1) is 18.5 Å². The summed E-state index contributed by atoms with van der Waals surface area (Å²) in [4.78, 5) is 18.4. The molecule has 2 atom stereocenters. The van der Waals surface area contributed by atoms with E-state index in [9.17, 15) is 9.90 Å². The van der Waals surface area contributed by atoms with E-state index in [0.29, 0.717) is 11.4 Å². The van der Waals surface area contributed by atoms with Crippen molar-refractivity contribution in [3.8, 4) is 5.75 Å². The number of rotatable bonds is 6. The Bertz CT molecular complexity index is 1450. The Labute approximate surface area is 209 Å². The fourth-order valence-corrected chi connectivity index (χ4v) is 4.62. The number of cyclic esters (lactones) is 1. The van der Waals surface area contributed by atoms with Crippen LogP contribution in [0.5, 0.6) is 5.75 Å². The Morgan fingerprint density at radius 2 is 1.72 bits per heavy atom. The quantitative estimate of drug-likeness (QED) is 0.308. The average molecular weight is 484 g/mol. The fourth-order valence-electron chi connectivity index (χ4n) is 4.62. The molecule has 1 aliphatic rings. The normalized spacial score (nSPS) is 16.7. The maximum Gasteiger partial charge on any atom is 0.345 e. The number of nitrogens with zero attached hydrogens (tertiary/aromatic N) is 2. The number of aliphatic hydroxyl groups excluding tert-OH is 1. The van der Waals surface area contributed by atoms with Gasteiger partial charge in [-0.3, -0.25) is 0 Å². The number of pyridine rings is 2. The summed E-state index contributed by atoms with van der Waals surface area (Å²) in [6.07, 6.45) is 3.82. The van der Waals surface area contributed by atoms with E-state index in [1.165, 1.54) is 0 Å². The minimum absolute atomic E-state index is 0.0129. The Morgan fingerprint density at radius 1 is 0.944 bits per heavy atom. The molecule has 0 radical (unpaired) electrons. The van der Waals surface area contributed by atoms with E-state index in [0.717, 1.165) is 16.5 Å². The summed E-state index contributed by atoms with van der Waals surface area (Å²) in [6, 6.07) is 24.4. The summed E-state index contributed by atoms with van der Waals surface area (Å²) in [6.45, 7) is 3.15. The molecule has 1 aliphatic heterocycles. The molecule has 0 saturated heterocycles. The smallest absolute Gasteiger partial charge is 0.345 e. The number of fused-ring (bicyclic) bond motifs is 1. The van der Waals surface area contributed by atoms with Crippen molar-refractivity contribution in [1.82, 2.24) is 4.98 Å². The Kier molecular flexibility index (Phi) is 6.06. The zero-order valence-corrected chi connectivity index (χ0v) is 20.3. The number of hydrogen-bond donors (Lipinski definition) is 1. The lowest BCUT2D eigenvalue weighted by Crippen LogP contribution is -2.46. The molecule has 0 spiro atoms. The molecule has 2 aromatic carbocycles. The third kappa shape index (κ3) is 4.47. The van der Waals surface area contributed by atoms with Crippen molar-refractivity contribution >= 4 is 16.9 Å². The van der Waals surface area contributed by atoms with E-state index in [1.54, 1.807) is 21.0 Å². The highest BCUT2D eigenvalue weighted by Gasteiger charge is 2.47. The third-order valence-electron chi connectivity index (χ3n) is 6.19. The SMILES string of the molecule is COc1cccc(C(C2=C(O)OC(C)(C)OC2=O)C(c2ccc3ccccc3n2)[n+]2ccccc2)c1. The molecule has 4 aromatic rings. The van der Waals surface area contributed by atoms with Crippen LogP contribution in [0.2, 0.25) is 0 Å². The van der Waals surface area contributed by atoms with Gasteiger partial charge in [-0.1, -0.05) is 42.5 Å². The second kappa shape index (κ2) is 9.34.